The Morgan fingerprint density at radius 2 is 2.00 bits per heavy atom. The summed E-state index contributed by atoms with van der Waals surface area (Å²) in [5.41, 5.74) is 0. The van der Waals surface area contributed by atoms with E-state index in [1.807, 2.05) is 4.90 Å². The molecule has 0 spiro atoms. The van der Waals surface area contributed by atoms with E-state index in [-0.39, 0.29) is 17.5 Å². The fraction of sp³-hybridized carbons (Fsp3) is 0.455. The fourth-order valence-corrected chi connectivity index (χ4v) is 1.91. The van der Waals surface area contributed by atoms with Gasteiger partial charge in [0.1, 0.15) is 6.33 Å². The summed E-state index contributed by atoms with van der Waals surface area (Å²) < 4.78 is 0. The highest BCUT2D eigenvalue weighted by Gasteiger charge is 2.25. The van der Waals surface area contributed by atoms with Crippen molar-refractivity contribution in [1.29, 1.82) is 0 Å². The quantitative estimate of drug-likeness (QED) is 0.761. The van der Waals surface area contributed by atoms with Crippen LogP contribution in [0.3, 0.4) is 0 Å². The lowest BCUT2D eigenvalue weighted by Gasteiger charge is -2.29. The Labute approximate surface area is 104 Å². The third-order valence-electron chi connectivity index (χ3n) is 2.94. The molecule has 0 radical (unpaired) electrons. The van der Waals surface area contributed by atoms with Crippen LogP contribution in [0.2, 0.25) is 0 Å². The summed E-state index contributed by atoms with van der Waals surface area (Å²) in [7, 11) is 0. The summed E-state index contributed by atoms with van der Waals surface area (Å²) >= 11 is 0. The first-order chi connectivity index (χ1) is 8.58. The van der Waals surface area contributed by atoms with Gasteiger partial charge in [0.2, 0.25) is 5.95 Å². The van der Waals surface area contributed by atoms with Gasteiger partial charge in [0, 0.05) is 13.1 Å². The van der Waals surface area contributed by atoms with Crippen molar-refractivity contribution in [3.63, 3.8) is 0 Å². The number of piperidine rings is 1. The van der Waals surface area contributed by atoms with Crippen molar-refractivity contribution < 1.29 is 15.0 Å². The summed E-state index contributed by atoms with van der Waals surface area (Å²) in [5.74, 6) is -0.677. The van der Waals surface area contributed by atoms with Crippen molar-refractivity contribution in [1.82, 2.24) is 15.0 Å². The number of carboxylic acids is 1. The standard InChI is InChI=1S/C11H14N4O3/c1-7(16)9-12-6-13-11(14-9)15-4-2-8(3-5-15)10(17)18/h6,8,16H,1-5H2,(H,17,18). The zero-order valence-electron chi connectivity index (χ0n) is 9.78. The molecule has 0 atom stereocenters. The third kappa shape index (κ3) is 2.55. The Morgan fingerprint density at radius 1 is 1.33 bits per heavy atom. The Kier molecular flexibility index (Phi) is 3.40. The molecule has 1 aromatic heterocycles. The number of carbonyl (C=O) groups is 1. The van der Waals surface area contributed by atoms with E-state index in [1.165, 1.54) is 6.33 Å². The van der Waals surface area contributed by atoms with Crippen molar-refractivity contribution in [3.8, 4) is 0 Å². The SMILES string of the molecule is C=C(O)c1ncnc(N2CCC(C(=O)O)CC2)n1. The molecular formula is C11H14N4O3. The van der Waals surface area contributed by atoms with Crippen LogP contribution in [0, 0.1) is 5.92 Å². The topological polar surface area (TPSA) is 99.4 Å². The van der Waals surface area contributed by atoms with Crippen molar-refractivity contribution in [2.24, 2.45) is 5.92 Å². The Morgan fingerprint density at radius 3 is 2.56 bits per heavy atom. The van der Waals surface area contributed by atoms with E-state index < -0.39 is 5.97 Å². The molecule has 2 rings (SSSR count). The van der Waals surface area contributed by atoms with Gasteiger partial charge in [0.15, 0.2) is 11.6 Å². The molecule has 1 fully saturated rings. The van der Waals surface area contributed by atoms with E-state index >= 15 is 0 Å². The number of aromatic nitrogens is 3. The van der Waals surface area contributed by atoms with Crippen molar-refractivity contribution in [2.75, 3.05) is 18.0 Å². The average Bonchev–Trinajstić information content (AvgIpc) is 2.39. The zero-order valence-corrected chi connectivity index (χ0v) is 9.78. The maximum Gasteiger partial charge on any atom is 0.306 e. The van der Waals surface area contributed by atoms with Crippen LogP contribution in [0.5, 0.6) is 0 Å². The molecule has 1 aliphatic rings. The summed E-state index contributed by atoms with van der Waals surface area (Å²) in [6, 6.07) is 0. The lowest BCUT2D eigenvalue weighted by molar-refractivity contribution is -0.142. The zero-order chi connectivity index (χ0) is 13.1. The second kappa shape index (κ2) is 4.99. The van der Waals surface area contributed by atoms with Crippen molar-refractivity contribution >= 4 is 17.7 Å². The first-order valence-corrected chi connectivity index (χ1v) is 5.63. The van der Waals surface area contributed by atoms with Gasteiger partial charge in [-0.25, -0.2) is 9.97 Å². The summed E-state index contributed by atoms with van der Waals surface area (Å²) in [5, 5.41) is 18.1. The Hall–Kier alpha value is -2.18. The van der Waals surface area contributed by atoms with E-state index in [0.29, 0.717) is 31.9 Å². The number of aliphatic carboxylic acids is 1. The molecule has 0 amide bonds. The molecule has 0 bridgehead atoms. The molecule has 0 aromatic carbocycles. The molecule has 1 aliphatic heterocycles. The van der Waals surface area contributed by atoms with Gasteiger partial charge in [-0.2, -0.15) is 4.98 Å². The van der Waals surface area contributed by atoms with Crippen LogP contribution in [0.4, 0.5) is 5.95 Å². The lowest BCUT2D eigenvalue weighted by Crippen LogP contribution is -2.37. The summed E-state index contributed by atoms with van der Waals surface area (Å²) in [6.45, 7) is 4.52. The van der Waals surface area contributed by atoms with E-state index in [9.17, 15) is 9.90 Å². The number of rotatable bonds is 3. The number of aliphatic hydroxyl groups is 1. The molecule has 2 heterocycles. The summed E-state index contributed by atoms with van der Waals surface area (Å²) in [6.07, 6.45) is 2.44. The molecule has 96 valence electrons. The van der Waals surface area contributed by atoms with Gasteiger partial charge in [-0.1, -0.05) is 6.58 Å². The first-order valence-electron chi connectivity index (χ1n) is 5.63. The van der Waals surface area contributed by atoms with Gasteiger partial charge in [-0.3, -0.25) is 4.79 Å². The normalized spacial score (nSPS) is 16.6. The molecule has 7 heteroatoms. The molecule has 1 saturated heterocycles. The van der Waals surface area contributed by atoms with Gasteiger partial charge >= 0.3 is 5.97 Å². The molecule has 0 aliphatic carbocycles. The molecule has 0 unspecified atom stereocenters. The minimum atomic E-state index is -0.755. The molecule has 0 saturated carbocycles. The highest BCUT2D eigenvalue weighted by molar-refractivity contribution is 5.70. The average molecular weight is 250 g/mol. The van der Waals surface area contributed by atoms with E-state index in [4.69, 9.17) is 5.11 Å². The lowest BCUT2D eigenvalue weighted by atomic mass is 9.97. The maximum atomic E-state index is 10.8. The minimum absolute atomic E-state index is 0.139. The van der Waals surface area contributed by atoms with Crippen LogP contribution < -0.4 is 4.90 Å². The molecule has 1 aromatic rings. The number of aliphatic hydroxyl groups excluding tert-OH is 1. The second-order valence-electron chi connectivity index (χ2n) is 4.16. The molecule has 18 heavy (non-hydrogen) atoms. The first kappa shape index (κ1) is 12.3. The van der Waals surface area contributed by atoms with Crippen LogP contribution in [0.25, 0.3) is 5.76 Å². The largest absolute Gasteiger partial charge is 0.505 e. The highest BCUT2D eigenvalue weighted by Crippen LogP contribution is 2.20. The molecule has 7 nitrogen and oxygen atoms in total. The predicted molar refractivity (Wildman–Crippen MR) is 64.1 cm³/mol. The third-order valence-corrected chi connectivity index (χ3v) is 2.94. The highest BCUT2D eigenvalue weighted by atomic mass is 16.4. The fourth-order valence-electron chi connectivity index (χ4n) is 1.91. The number of nitrogens with zero attached hydrogens (tertiary/aromatic N) is 4. The van der Waals surface area contributed by atoms with Gasteiger partial charge in [0.05, 0.1) is 5.92 Å². The van der Waals surface area contributed by atoms with Crippen LogP contribution >= 0.6 is 0 Å². The summed E-state index contributed by atoms with van der Waals surface area (Å²) in [4.78, 5) is 24.6. The number of carboxylic acid groups (broad SMARTS) is 1. The van der Waals surface area contributed by atoms with Gasteiger partial charge < -0.3 is 15.1 Å². The second-order valence-corrected chi connectivity index (χ2v) is 4.16. The van der Waals surface area contributed by atoms with Crippen LogP contribution in [0.15, 0.2) is 12.9 Å². The van der Waals surface area contributed by atoms with Gasteiger partial charge in [0.25, 0.3) is 0 Å². The number of hydrogen-bond acceptors (Lipinski definition) is 6. The van der Waals surface area contributed by atoms with E-state index in [2.05, 4.69) is 21.5 Å². The van der Waals surface area contributed by atoms with Gasteiger partial charge in [-0.15, -0.1) is 0 Å². The minimum Gasteiger partial charge on any atom is -0.505 e. The van der Waals surface area contributed by atoms with Crippen LogP contribution in [-0.4, -0.2) is 44.2 Å². The van der Waals surface area contributed by atoms with Crippen LogP contribution in [-0.2, 0) is 4.79 Å². The monoisotopic (exact) mass is 250 g/mol. The molecule has 2 N–H and O–H groups in total. The number of hydrogen-bond donors (Lipinski definition) is 2. The number of anilines is 1. The van der Waals surface area contributed by atoms with Crippen LogP contribution in [0.1, 0.15) is 18.7 Å². The predicted octanol–water partition coefficient (Wildman–Crippen LogP) is 0.701. The van der Waals surface area contributed by atoms with E-state index in [0.717, 1.165) is 0 Å². The smallest absolute Gasteiger partial charge is 0.306 e. The van der Waals surface area contributed by atoms with Gasteiger partial charge in [-0.05, 0) is 12.8 Å². The molecular weight excluding hydrogens is 236 g/mol. The van der Waals surface area contributed by atoms with Crippen molar-refractivity contribution in [3.05, 3.63) is 18.7 Å². The maximum absolute atomic E-state index is 10.8. The Bertz CT molecular complexity index is 469. The van der Waals surface area contributed by atoms with Crippen molar-refractivity contribution in [2.45, 2.75) is 12.8 Å². The Balaban J connectivity index is 2.07. The van der Waals surface area contributed by atoms with E-state index in [1.54, 1.807) is 0 Å².